The summed E-state index contributed by atoms with van der Waals surface area (Å²) in [4.78, 5) is 0. The molecule has 2 N–H and O–H groups in total. The number of para-hydroxylation sites is 1. The third-order valence-electron chi connectivity index (χ3n) is 5.00. The van der Waals surface area contributed by atoms with Gasteiger partial charge >= 0.3 is 0 Å². The second-order valence-electron chi connectivity index (χ2n) is 6.68. The van der Waals surface area contributed by atoms with Crippen LogP contribution < -0.4 is 21.6 Å². The second-order valence-corrected chi connectivity index (χ2v) is 10.1. The van der Waals surface area contributed by atoms with Crippen molar-refractivity contribution >= 4 is 28.9 Å². The van der Waals surface area contributed by atoms with Crippen LogP contribution in [0.15, 0.2) is 115 Å². The van der Waals surface area contributed by atoms with Gasteiger partial charge in [0.15, 0.2) is 0 Å². The summed E-state index contributed by atoms with van der Waals surface area (Å²) in [5.41, 5.74) is 8.77. The molecule has 0 saturated heterocycles. The lowest BCUT2D eigenvalue weighted by Crippen LogP contribution is -2.33. The average molecular weight is 368 g/mol. The Kier molecular flexibility index (Phi) is 5.05. The topological polar surface area (TPSA) is 26.0 Å². The van der Waals surface area contributed by atoms with Crippen LogP contribution in [0.3, 0.4) is 0 Å². The van der Waals surface area contributed by atoms with Crippen LogP contribution >= 0.6 is 7.26 Å². The minimum absolute atomic E-state index is 0.870. The molecular weight excluding hydrogens is 345 g/mol. The van der Waals surface area contributed by atoms with Crippen LogP contribution in [0.25, 0.3) is 0 Å². The Bertz CT molecular complexity index is 958. The van der Waals surface area contributed by atoms with E-state index in [1.165, 1.54) is 21.5 Å². The molecule has 0 aliphatic heterocycles. The highest BCUT2D eigenvalue weighted by molar-refractivity contribution is 7.95. The summed E-state index contributed by atoms with van der Waals surface area (Å²) < 4.78 is 0. The van der Waals surface area contributed by atoms with Crippen molar-refractivity contribution in [2.24, 2.45) is 0 Å². The number of nitrogens with two attached hydrogens (primary N) is 1. The maximum Gasteiger partial charge on any atom is 0.127 e. The lowest BCUT2D eigenvalue weighted by molar-refractivity contribution is 1.39. The summed E-state index contributed by atoms with van der Waals surface area (Å²) in [5.74, 6) is 0. The Balaban J connectivity index is 2.04. The van der Waals surface area contributed by atoms with E-state index in [4.69, 9.17) is 5.73 Å². The predicted molar refractivity (Wildman–Crippen MR) is 120 cm³/mol. The van der Waals surface area contributed by atoms with E-state index in [-0.39, 0.29) is 0 Å². The van der Waals surface area contributed by atoms with Crippen LogP contribution in [0.5, 0.6) is 0 Å². The summed E-state index contributed by atoms with van der Waals surface area (Å²) >= 11 is 0. The van der Waals surface area contributed by atoms with E-state index in [0.717, 1.165) is 11.8 Å². The van der Waals surface area contributed by atoms with E-state index in [9.17, 15) is 0 Å². The fourth-order valence-corrected chi connectivity index (χ4v) is 8.12. The molecular formula is C25H23NP+. The highest BCUT2D eigenvalue weighted by Gasteiger charge is 2.46. The highest BCUT2D eigenvalue weighted by Crippen LogP contribution is 2.59. The van der Waals surface area contributed by atoms with Crippen molar-refractivity contribution in [2.45, 2.75) is 6.16 Å². The zero-order valence-electron chi connectivity index (χ0n) is 15.2. The van der Waals surface area contributed by atoms with Gasteiger partial charge in [-0.3, -0.25) is 0 Å². The van der Waals surface area contributed by atoms with Gasteiger partial charge in [0.25, 0.3) is 0 Å². The maximum atomic E-state index is 6.56. The van der Waals surface area contributed by atoms with Crippen molar-refractivity contribution in [2.75, 3.05) is 5.73 Å². The normalized spacial score (nSPS) is 11.3. The molecule has 0 saturated carbocycles. The van der Waals surface area contributed by atoms with Crippen molar-refractivity contribution in [1.29, 1.82) is 0 Å². The van der Waals surface area contributed by atoms with Crippen LogP contribution in [0.4, 0.5) is 5.69 Å². The van der Waals surface area contributed by atoms with Crippen LogP contribution in [0.2, 0.25) is 0 Å². The third kappa shape index (κ3) is 3.39. The number of rotatable bonds is 5. The fourth-order valence-electron chi connectivity index (χ4n) is 3.75. The van der Waals surface area contributed by atoms with Crippen molar-refractivity contribution in [1.82, 2.24) is 0 Å². The zero-order valence-corrected chi connectivity index (χ0v) is 16.1. The van der Waals surface area contributed by atoms with Crippen molar-refractivity contribution in [3.63, 3.8) is 0 Å². The van der Waals surface area contributed by atoms with Crippen molar-refractivity contribution < 1.29 is 0 Å². The quantitative estimate of drug-likeness (QED) is 0.399. The molecule has 0 aliphatic rings. The molecule has 0 bridgehead atoms. The summed E-state index contributed by atoms with van der Waals surface area (Å²) in [6.07, 6.45) is 0.954. The molecule has 0 aromatic heterocycles. The van der Waals surface area contributed by atoms with Crippen LogP contribution in [0, 0.1) is 0 Å². The van der Waals surface area contributed by atoms with Gasteiger partial charge in [0, 0.05) is 0 Å². The Morgan fingerprint density at radius 1 is 0.519 bits per heavy atom. The number of hydrogen-bond donors (Lipinski definition) is 1. The fraction of sp³-hybridized carbons (Fsp3) is 0.0400. The predicted octanol–water partition coefficient (Wildman–Crippen LogP) is 4.76. The van der Waals surface area contributed by atoms with Gasteiger partial charge in [-0.15, -0.1) is 0 Å². The summed E-state index contributed by atoms with van der Waals surface area (Å²) in [5, 5.41) is 3.97. The molecule has 0 radical (unpaired) electrons. The summed E-state index contributed by atoms with van der Waals surface area (Å²) in [6.45, 7) is 0. The Morgan fingerprint density at radius 2 is 0.963 bits per heavy atom. The van der Waals surface area contributed by atoms with Crippen molar-refractivity contribution in [3.05, 3.63) is 121 Å². The molecule has 0 spiro atoms. The minimum atomic E-state index is -1.94. The molecule has 0 fully saturated rings. The molecule has 0 aliphatic carbocycles. The molecule has 4 aromatic carbocycles. The molecule has 0 amide bonds. The van der Waals surface area contributed by atoms with E-state index in [0.29, 0.717) is 0 Å². The minimum Gasteiger partial charge on any atom is -0.396 e. The maximum absolute atomic E-state index is 6.56. The Morgan fingerprint density at radius 3 is 1.48 bits per heavy atom. The third-order valence-corrected chi connectivity index (χ3v) is 9.43. The van der Waals surface area contributed by atoms with Gasteiger partial charge in [0.05, 0.1) is 11.8 Å². The molecule has 132 valence electrons. The largest absolute Gasteiger partial charge is 0.396 e. The molecule has 0 heterocycles. The van der Waals surface area contributed by atoms with Gasteiger partial charge in [0.1, 0.15) is 23.2 Å². The molecule has 4 aromatic rings. The van der Waals surface area contributed by atoms with E-state index >= 15 is 0 Å². The number of anilines is 1. The van der Waals surface area contributed by atoms with Crippen LogP contribution in [-0.2, 0) is 6.16 Å². The zero-order chi connectivity index (χ0) is 18.5. The summed E-state index contributed by atoms with van der Waals surface area (Å²) in [7, 11) is -1.94. The van der Waals surface area contributed by atoms with Crippen LogP contribution in [0.1, 0.15) is 5.56 Å². The molecule has 0 atom stereocenters. The van der Waals surface area contributed by atoms with Gasteiger partial charge in [-0.1, -0.05) is 78.9 Å². The first-order valence-corrected chi connectivity index (χ1v) is 11.2. The van der Waals surface area contributed by atoms with E-state index in [1.54, 1.807) is 0 Å². The smallest absolute Gasteiger partial charge is 0.127 e. The molecule has 27 heavy (non-hydrogen) atoms. The second kappa shape index (κ2) is 7.78. The summed E-state index contributed by atoms with van der Waals surface area (Å²) in [6, 6.07) is 40.9. The lowest BCUT2D eigenvalue weighted by atomic mass is 10.2. The highest BCUT2D eigenvalue weighted by atomic mass is 31.2. The number of benzene rings is 4. The number of nitrogen functional groups attached to an aromatic ring is 1. The first-order valence-electron chi connectivity index (χ1n) is 9.19. The average Bonchev–Trinajstić information content (AvgIpc) is 2.75. The molecule has 4 rings (SSSR count). The molecule has 0 unspecified atom stereocenters. The van der Waals surface area contributed by atoms with Crippen molar-refractivity contribution in [3.8, 4) is 0 Å². The van der Waals surface area contributed by atoms with E-state index < -0.39 is 7.26 Å². The standard InChI is InChI=1S/C25H23NP/c26-24-18-10-11-19-25(24)27(22-14-6-2-7-15-22,23-16-8-3-9-17-23)20-21-12-4-1-5-13-21/h1-19H,20,26H2/q+1. The first-order chi connectivity index (χ1) is 13.3. The monoisotopic (exact) mass is 368 g/mol. The number of hydrogen-bond acceptors (Lipinski definition) is 1. The first kappa shape index (κ1) is 17.5. The van der Waals surface area contributed by atoms with Gasteiger partial charge in [-0.05, 0) is 42.0 Å². The Labute approximate surface area is 161 Å². The van der Waals surface area contributed by atoms with E-state index in [2.05, 4.69) is 103 Å². The van der Waals surface area contributed by atoms with Gasteiger partial charge in [-0.2, -0.15) is 0 Å². The van der Waals surface area contributed by atoms with Crippen LogP contribution in [-0.4, -0.2) is 0 Å². The van der Waals surface area contributed by atoms with E-state index in [1.807, 2.05) is 12.1 Å². The van der Waals surface area contributed by atoms with Gasteiger partial charge < -0.3 is 5.73 Å². The van der Waals surface area contributed by atoms with Gasteiger partial charge in [0.2, 0.25) is 0 Å². The Hall–Kier alpha value is -2.89. The SMILES string of the molecule is Nc1ccccc1[P+](Cc1ccccc1)(c1ccccc1)c1ccccc1. The molecule has 1 nitrogen and oxygen atoms in total. The van der Waals surface area contributed by atoms with Gasteiger partial charge in [-0.25, -0.2) is 0 Å². The molecule has 2 heteroatoms. The lowest BCUT2D eigenvalue weighted by Gasteiger charge is -2.28.